The second kappa shape index (κ2) is 8.36. The third kappa shape index (κ3) is 5.87. The van der Waals surface area contributed by atoms with E-state index in [1.54, 1.807) is 13.2 Å². The van der Waals surface area contributed by atoms with Crippen LogP contribution in [0.25, 0.3) is 0 Å². The van der Waals surface area contributed by atoms with Crippen LogP contribution in [0.4, 0.5) is 5.69 Å². The zero-order valence-corrected chi connectivity index (χ0v) is 12.2. The fourth-order valence-electron chi connectivity index (χ4n) is 1.74. The smallest absolute Gasteiger partial charge is 0.224 e. The van der Waals surface area contributed by atoms with Crippen LogP contribution in [-0.2, 0) is 9.53 Å². The molecule has 1 rings (SSSR count). The van der Waals surface area contributed by atoms with Gasteiger partial charge in [-0.2, -0.15) is 0 Å². The standard InChI is InChI=1S/C16H21NO3/c1-12-9-14(5-4-8-18)11-15(10-12)17-16(19)7-6-13(2)20-3/h9-11,13,18H,6-8H2,1-3H3,(H,17,19). The summed E-state index contributed by atoms with van der Waals surface area (Å²) >= 11 is 0. The Bertz CT molecular complexity index is 514. The Hall–Kier alpha value is -1.83. The van der Waals surface area contributed by atoms with Gasteiger partial charge in [0, 0.05) is 24.8 Å². The van der Waals surface area contributed by atoms with E-state index in [1.807, 2.05) is 26.0 Å². The van der Waals surface area contributed by atoms with Gasteiger partial charge in [0.25, 0.3) is 0 Å². The minimum absolute atomic E-state index is 0.0411. The summed E-state index contributed by atoms with van der Waals surface area (Å²) in [5.74, 6) is 5.39. The van der Waals surface area contributed by atoms with Gasteiger partial charge in [0.1, 0.15) is 6.61 Å². The van der Waals surface area contributed by atoms with E-state index in [4.69, 9.17) is 9.84 Å². The highest BCUT2D eigenvalue weighted by Gasteiger charge is 2.07. The van der Waals surface area contributed by atoms with Crippen molar-refractivity contribution in [2.75, 3.05) is 19.0 Å². The highest BCUT2D eigenvalue weighted by molar-refractivity contribution is 5.91. The Kier molecular flexibility index (Phi) is 6.78. The van der Waals surface area contributed by atoms with Crippen LogP contribution in [0.1, 0.15) is 30.9 Å². The molecule has 0 aromatic heterocycles. The largest absolute Gasteiger partial charge is 0.384 e. The van der Waals surface area contributed by atoms with E-state index in [0.717, 1.165) is 16.8 Å². The topological polar surface area (TPSA) is 58.6 Å². The van der Waals surface area contributed by atoms with Gasteiger partial charge in [-0.1, -0.05) is 11.8 Å². The minimum atomic E-state index is -0.176. The van der Waals surface area contributed by atoms with Crippen molar-refractivity contribution in [2.45, 2.75) is 32.8 Å². The molecule has 0 heterocycles. The summed E-state index contributed by atoms with van der Waals surface area (Å²) in [6, 6.07) is 5.60. The molecule has 0 saturated heterocycles. The molecule has 1 amide bonds. The molecular weight excluding hydrogens is 254 g/mol. The molecule has 4 heteroatoms. The normalized spacial score (nSPS) is 11.4. The number of aliphatic hydroxyl groups is 1. The Balaban J connectivity index is 2.67. The Morgan fingerprint density at radius 3 is 2.85 bits per heavy atom. The quantitative estimate of drug-likeness (QED) is 0.809. The highest BCUT2D eigenvalue weighted by atomic mass is 16.5. The molecule has 0 aliphatic heterocycles. The Morgan fingerprint density at radius 1 is 1.45 bits per heavy atom. The first kappa shape index (κ1) is 16.2. The van der Waals surface area contributed by atoms with Gasteiger partial charge in [-0.05, 0) is 44.0 Å². The summed E-state index contributed by atoms with van der Waals surface area (Å²) in [4.78, 5) is 11.8. The lowest BCUT2D eigenvalue weighted by atomic mass is 10.1. The number of carbonyl (C=O) groups excluding carboxylic acids is 1. The van der Waals surface area contributed by atoms with Gasteiger partial charge < -0.3 is 15.2 Å². The second-order valence-corrected chi connectivity index (χ2v) is 4.68. The first-order valence-electron chi connectivity index (χ1n) is 6.59. The molecule has 1 aromatic carbocycles. The van der Waals surface area contributed by atoms with E-state index < -0.39 is 0 Å². The molecule has 0 spiro atoms. The Morgan fingerprint density at radius 2 is 2.20 bits per heavy atom. The van der Waals surface area contributed by atoms with Crippen molar-refractivity contribution in [1.29, 1.82) is 0 Å². The number of benzene rings is 1. The number of hydrogen-bond donors (Lipinski definition) is 2. The number of aliphatic hydroxyl groups excluding tert-OH is 1. The summed E-state index contributed by atoms with van der Waals surface area (Å²) in [6.07, 6.45) is 1.18. The number of carbonyl (C=O) groups is 1. The van der Waals surface area contributed by atoms with Crippen molar-refractivity contribution in [2.24, 2.45) is 0 Å². The number of aryl methyl sites for hydroxylation is 1. The minimum Gasteiger partial charge on any atom is -0.384 e. The third-order valence-electron chi connectivity index (χ3n) is 2.85. The van der Waals surface area contributed by atoms with Gasteiger partial charge in [0.2, 0.25) is 5.91 Å². The van der Waals surface area contributed by atoms with E-state index in [2.05, 4.69) is 17.2 Å². The van der Waals surface area contributed by atoms with Crippen molar-refractivity contribution in [1.82, 2.24) is 0 Å². The zero-order chi connectivity index (χ0) is 15.0. The van der Waals surface area contributed by atoms with Crippen LogP contribution < -0.4 is 5.32 Å². The number of hydrogen-bond acceptors (Lipinski definition) is 3. The molecule has 0 radical (unpaired) electrons. The molecule has 20 heavy (non-hydrogen) atoms. The van der Waals surface area contributed by atoms with Crippen LogP contribution in [0.15, 0.2) is 18.2 Å². The Labute approximate surface area is 120 Å². The van der Waals surface area contributed by atoms with Crippen molar-refractivity contribution in [3.05, 3.63) is 29.3 Å². The second-order valence-electron chi connectivity index (χ2n) is 4.68. The summed E-state index contributed by atoms with van der Waals surface area (Å²) in [6.45, 7) is 3.69. The van der Waals surface area contributed by atoms with Gasteiger partial charge in [0.15, 0.2) is 0 Å². The van der Waals surface area contributed by atoms with Crippen molar-refractivity contribution in [3.63, 3.8) is 0 Å². The maximum absolute atomic E-state index is 11.8. The molecule has 0 aliphatic rings. The van der Waals surface area contributed by atoms with E-state index in [0.29, 0.717) is 12.8 Å². The van der Waals surface area contributed by atoms with Crippen LogP contribution in [-0.4, -0.2) is 30.8 Å². The number of anilines is 1. The van der Waals surface area contributed by atoms with E-state index >= 15 is 0 Å². The fraction of sp³-hybridized carbons (Fsp3) is 0.438. The summed E-state index contributed by atoms with van der Waals surface area (Å²) in [7, 11) is 1.63. The van der Waals surface area contributed by atoms with Crippen molar-refractivity contribution in [3.8, 4) is 11.8 Å². The lowest BCUT2D eigenvalue weighted by Crippen LogP contribution is -2.15. The van der Waals surface area contributed by atoms with Crippen LogP contribution in [0.5, 0.6) is 0 Å². The molecule has 0 fully saturated rings. The van der Waals surface area contributed by atoms with Crippen molar-refractivity contribution < 1.29 is 14.6 Å². The predicted octanol–water partition coefficient (Wildman–Crippen LogP) is 2.09. The van der Waals surface area contributed by atoms with E-state index in [-0.39, 0.29) is 18.6 Å². The number of nitrogens with one attached hydrogen (secondary N) is 1. The predicted molar refractivity (Wildman–Crippen MR) is 79.5 cm³/mol. The van der Waals surface area contributed by atoms with Gasteiger partial charge in [-0.25, -0.2) is 0 Å². The summed E-state index contributed by atoms with van der Waals surface area (Å²) < 4.78 is 5.11. The molecular formula is C16H21NO3. The molecule has 1 atom stereocenters. The SMILES string of the molecule is COC(C)CCC(=O)Nc1cc(C)cc(C#CCO)c1. The molecule has 1 unspecified atom stereocenters. The van der Waals surface area contributed by atoms with Crippen LogP contribution in [0.2, 0.25) is 0 Å². The zero-order valence-electron chi connectivity index (χ0n) is 12.2. The molecule has 0 bridgehead atoms. The number of ether oxygens (including phenoxy) is 1. The first-order chi connectivity index (χ1) is 9.55. The van der Waals surface area contributed by atoms with Crippen LogP contribution in [0.3, 0.4) is 0 Å². The molecule has 1 aromatic rings. The van der Waals surface area contributed by atoms with Gasteiger partial charge in [-0.15, -0.1) is 0 Å². The lowest BCUT2D eigenvalue weighted by Gasteiger charge is -2.10. The van der Waals surface area contributed by atoms with Gasteiger partial charge >= 0.3 is 0 Å². The first-order valence-corrected chi connectivity index (χ1v) is 6.59. The van der Waals surface area contributed by atoms with E-state index in [9.17, 15) is 4.79 Å². The summed E-state index contributed by atoms with van der Waals surface area (Å²) in [5.41, 5.74) is 2.51. The monoisotopic (exact) mass is 275 g/mol. The average Bonchev–Trinajstić information content (AvgIpc) is 2.41. The van der Waals surface area contributed by atoms with Crippen LogP contribution in [0, 0.1) is 18.8 Å². The lowest BCUT2D eigenvalue weighted by molar-refractivity contribution is -0.116. The average molecular weight is 275 g/mol. The molecule has 0 saturated carbocycles. The highest BCUT2D eigenvalue weighted by Crippen LogP contribution is 2.14. The molecule has 108 valence electrons. The maximum Gasteiger partial charge on any atom is 0.224 e. The molecule has 0 aliphatic carbocycles. The van der Waals surface area contributed by atoms with Crippen LogP contribution >= 0.6 is 0 Å². The van der Waals surface area contributed by atoms with Gasteiger partial charge in [-0.3, -0.25) is 4.79 Å². The molecule has 2 N–H and O–H groups in total. The number of methoxy groups -OCH3 is 1. The summed E-state index contributed by atoms with van der Waals surface area (Å²) in [5, 5.41) is 11.6. The molecule has 4 nitrogen and oxygen atoms in total. The fourth-order valence-corrected chi connectivity index (χ4v) is 1.74. The maximum atomic E-state index is 11.8. The third-order valence-corrected chi connectivity index (χ3v) is 2.85. The number of amides is 1. The van der Waals surface area contributed by atoms with Crippen molar-refractivity contribution >= 4 is 11.6 Å². The van der Waals surface area contributed by atoms with Gasteiger partial charge in [0.05, 0.1) is 6.10 Å². The van der Waals surface area contributed by atoms with E-state index in [1.165, 1.54) is 0 Å². The number of rotatable bonds is 5.